The van der Waals surface area contributed by atoms with Gasteiger partial charge in [-0.15, -0.1) is 6.58 Å². The Morgan fingerprint density at radius 3 is 2.05 bits per heavy atom. The average Bonchev–Trinajstić information content (AvgIpc) is 3.06. The summed E-state index contributed by atoms with van der Waals surface area (Å²) in [5, 5.41) is 0. The Morgan fingerprint density at radius 1 is 0.727 bits per heavy atom. The van der Waals surface area contributed by atoms with Crippen molar-refractivity contribution >= 4 is 0 Å². The summed E-state index contributed by atoms with van der Waals surface area (Å²) in [5.74, 6) is 0.748. The molecule has 0 bridgehead atoms. The van der Waals surface area contributed by atoms with Gasteiger partial charge in [-0.3, -0.25) is 0 Å². The molecule has 1 nitrogen and oxygen atoms in total. The number of rotatable bonds is 13. The molecule has 2 aliphatic rings. The van der Waals surface area contributed by atoms with Crippen molar-refractivity contribution in [3.8, 4) is 28.0 Å². The maximum absolute atomic E-state index is 15.4. The molecule has 0 spiro atoms. The smallest absolute Gasteiger partial charge is 0.201 e. The van der Waals surface area contributed by atoms with Gasteiger partial charge in [0.05, 0.1) is 6.61 Å². The number of halogens is 3. The van der Waals surface area contributed by atoms with Crippen LogP contribution < -0.4 is 4.74 Å². The summed E-state index contributed by atoms with van der Waals surface area (Å²) in [4.78, 5) is 0. The fourth-order valence-electron chi connectivity index (χ4n) is 7.66. The lowest BCUT2D eigenvalue weighted by atomic mass is 9.68. The summed E-state index contributed by atoms with van der Waals surface area (Å²) in [5.41, 5.74) is 3.23. The Balaban J connectivity index is 1.16. The molecule has 0 aromatic heterocycles. The van der Waals surface area contributed by atoms with E-state index in [4.69, 9.17) is 4.74 Å². The molecule has 0 aliphatic heterocycles. The molecule has 0 heterocycles. The number of benzene rings is 3. The Morgan fingerprint density at radius 2 is 1.39 bits per heavy atom. The van der Waals surface area contributed by atoms with Crippen LogP contribution in [-0.4, -0.2) is 6.61 Å². The second-order valence-corrected chi connectivity index (χ2v) is 13.2. The molecule has 236 valence electrons. The first-order chi connectivity index (χ1) is 21.5. The molecule has 0 saturated heterocycles. The van der Waals surface area contributed by atoms with Crippen molar-refractivity contribution in [2.24, 2.45) is 17.8 Å². The summed E-state index contributed by atoms with van der Waals surface area (Å²) < 4.78 is 50.6. The van der Waals surface area contributed by atoms with Gasteiger partial charge in [0.2, 0.25) is 5.82 Å². The van der Waals surface area contributed by atoms with Crippen LogP contribution in [0, 0.1) is 35.2 Å². The molecule has 44 heavy (non-hydrogen) atoms. The van der Waals surface area contributed by atoms with Gasteiger partial charge in [-0.1, -0.05) is 81.5 Å². The van der Waals surface area contributed by atoms with E-state index in [1.165, 1.54) is 51.0 Å². The van der Waals surface area contributed by atoms with Gasteiger partial charge in [-0.25, -0.2) is 8.78 Å². The van der Waals surface area contributed by atoms with Crippen LogP contribution in [0.2, 0.25) is 0 Å². The lowest BCUT2D eigenvalue weighted by Gasteiger charge is -2.38. The van der Waals surface area contributed by atoms with Gasteiger partial charge in [-0.2, -0.15) is 4.39 Å². The van der Waals surface area contributed by atoms with Crippen LogP contribution in [0.25, 0.3) is 22.3 Å². The topological polar surface area (TPSA) is 9.23 Å². The summed E-state index contributed by atoms with van der Waals surface area (Å²) in [6, 6.07) is 15.9. The third-order valence-electron chi connectivity index (χ3n) is 10.4. The van der Waals surface area contributed by atoms with Crippen LogP contribution in [0.4, 0.5) is 13.2 Å². The van der Waals surface area contributed by atoms with E-state index in [0.717, 1.165) is 79.4 Å². The predicted octanol–water partition coefficient (Wildman–Crippen LogP) is 12.4. The van der Waals surface area contributed by atoms with Crippen molar-refractivity contribution in [3.63, 3.8) is 0 Å². The lowest BCUT2D eigenvalue weighted by Crippen LogP contribution is -2.25. The molecule has 3 aromatic rings. The Bertz CT molecular complexity index is 1350. The summed E-state index contributed by atoms with van der Waals surface area (Å²) >= 11 is 0. The molecule has 0 atom stereocenters. The van der Waals surface area contributed by atoms with Gasteiger partial charge in [0, 0.05) is 5.56 Å². The molecule has 4 heteroatoms. The van der Waals surface area contributed by atoms with Crippen LogP contribution >= 0.6 is 0 Å². The van der Waals surface area contributed by atoms with Crippen LogP contribution in [0.5, 0.6) is 5.75 Å². The number of unbranched alkanes of at least 4 members (excludes halogenated alkanes) is 3. The van der Waals surface area contributed by atoms with E-state index in [0.29, 0.717) is 12.2 Å². The monoisotopic (exact) mass is 602 g/mol. The highest BCUT2D eigenvalue weighted by Crippen LogP contribution is 2.45. The zero-order valence-electron chi connectivity index (χ0n) is 26.4. The molecule has 2 saturated carbocycles. The van der Waals surface area contributed by atoms with Crippen molar-refractivity contribution in [2.45, 2.75) is 103 Å². The van der Waals surface area contributed by atoms with E-state index in [-0.39, 0.29) is 23.0 Å². The highest BCUT2D eigenvalue weighted by molar-refractivity contribution is 5.71. The van der Waals surface area contributed by atoms with Crippen LogP contribution in [0.3, 0.4) is 0 Å². The maximum atomic E-state index is 15.4. The van der Waals surface area contributed by atoms with Crippen molar-refractivity contribution in [1.82, 2.24) is 0 Å². The SMILES string of the molecule is C=CCCC1CCC(C2CCC(c3ccc(-c4ccc(-c5ccc(OCCCCCC)c(F)c5F)cc4)cc3F)CC2)CC1. The molecule has 3 aromatic carbocycles. The molecule has 2 aliphatic carbocycles. The zero-order chi connectivity index (χ0) is 30.9. The van der Waals surface area contributed by atoms with Gasteiger partial charge < -0.3 is 4.74 Å². The van der Waals surface area contributed by atoms with E-state index in [9.17, 15) is 8.78 Å². The lowest BCUT2D eigenvalue weighted by molar-refractivity contribution is 0.156. The Hall–Kier alpha value is -3.01. The molecule has 2 fully saturated rings. The normalized spacial score (nSPS) is 22.1. The molecule has 0 unspecified atom stereocenters. The average molecular weight is 603 g/mol. The molecular weight excluding hydrogens is 553 g/mol. The summed E-state index contributed by atoms with van der Waals surface area (Å²) in [7, 11) is 0. The number of allylic oxidation sites excluding steroid dienone is 1. The van der Waals surface area contributed by atoms with E-state index in [1.54, 1.807) is 24.3 Å². The van der Waals surface area contributed by atoms with Crippen LogP contribution in [0.1, 0.15) is 108 Å². The first-order valence-electron chi connectivity index (χ1n) is 17.1. The Labute approximate surface area is 262 Å². The number of hydrogen-bond acceptors (Lipinski definition) is 1. The standard InChI is InChI=1S/C40H49F3O/c1-3-5-7-8-26-44-38-25-24-36(39(42)40(38)43)33-20-16-31(17-21-33)34-22-23-35(37(41)27-34)32-18-14-30(15-19-32)29-12-10-28(11-13-29)9-6-4-2/h4,16-17,20-25,27-30,32H,2-3,5-15,18-19,26H2,1H3. The number of ether oxygens (including phenoxy) is 1. The summed E-state index contributed by atoms with van der Waals surface area (Å²) in [6.07, 6.45) is 18.5. The second kappa shape index (κ2) is 15.8. The van der Waals surface area contributed by atoms with Crippen molar-refractivity contribution < 1.29 is 17.9 Å². The third-order valence-corrected chi connectivity index (χ3v) is 10.4. The van der Waals surface area contributed by atoms with Gasteiger partial charge in [0.1, 0.15) is 5.82 Å². The van der Waals surface area contributed by atoms with Gasteiger partial charge in [0.25, 0.3) is 0 Å². The fraction of sp³-hybridized carbons (Fsp3) is 0.500. The molecule has 5 rings (SSSR count). The van der Waals surface area contributed by atoms with Gasteiger partial charge in [-0.05, 0) is 122 Å². The Kier molecular flexibility index (Phi) is 11.6. The van der Waals surface area contributed by atoms with Crippen LogP contribution in [0.15, 0.2) is 67.3 Å². The molecular formula is C40H49F3O. The van der Waals surface area contributed by atoms with E-state index in [2.05, 4.69) is 13.5 Å². The third kappa shape index (κ3) is 7.98. The quantitative estimate of drug-likeness (QED) is 0.140. The highest BCUT2D eigenvalue weighted by atomic mass is 19.2. The second-order valence-electron chi connectivity index (χ2n) is 13.2. The highest BCUT2D eigenvalue weighted by Gasteiger charge is 2.32. The van der Waals surface area contributed by atoms with E-state index in [1.807, 2.05) is 30.3 Å². The minimum atomic E-state index is -0.958. The summed E-state index contributed by atoms with van der Waals surface area (Å²) in [6.45, 7) is 6.37. The van der Waals surface area contributed by atoms with Crippen molar-refractivity contribution in [2.75, 3.05) is 6.61 Å². The van der Waals surface area contributed by atoms with E-state index < -0.39 is 11.6 Å². The largest absolute Gasteiger partial charge is 0.490 e. The van der Waals surface area contributed by atoms with Crippen LogP contribution in [-0.2, 0) is 0 Å². The fourth-order valence-corrected chi connectivity index (χ4v) is 7.66. The molecule has 0 N–H and O–H groups in total. The first kappa shape index (κ1) is 32.4. The first-order valence-corrected chi connectivity index (χ1v) is 17.1. The van der Waals surface area contributed by atoms with Crippen molar-refractivity contribution in [3.05, 3.63) is 90.3 Å². The number of hydrogen-bond donors (Lipinski definition) is 0. The molecule has 0 radical (unpaired) electrons. The zero-order valence-corrected chi connectivity index (χ0v) is 26.4. The van der Waals surface area contributed by atoms with E-state index >= 15 is 4.39 Å². The van der Waals surface area contributed by atoms with Crippen molar-refractivity contribution in [1.29, 1.82) is 0 Å². The minimum Gasteiger partial charge on any atom is -0.490 e. The van der Waals surface area contributed by atoms with Gasteiger partial charge in [0.15, 0.2) is 11.6 Å². The minimum absolute atomic E-state index is 0.0505. The van der Waals surface area contributed by atoms with Gasteiger partial charge >= 0.3 is 0 Å². The molecule has 0 amide bonds. The predicted molar refractivity (Wildman–Crippen MR) is 176 cm³/mol. The maximum Gasteiger partial charge on any atom is 0.201 e.